The Morgan fingerprint density at radius 3 is 2.42 bits per heavy atom. The molecule has 2 heterocycles. The third-order valence-electron chi connectivity index (χ3n) is 2.46. The zero-order chi connectivity index (χ0) is 14.4. The van der Waals surface area contributed by atoms with E-state index in [0.29, 0.717) is 0 Å². The third kappa shape index (κ3) is 5.35. The Morgan fingerprint density at radius 2 is 2.05 bits per heavy atom. The van der Waals surface area contributed by atoms with E-state index in [0.717, 1.165) is 31.0 Å². The van der Waals surface area contributed by atoms with E-state index in [-0.39, 0.29) is 0 Å². The van der Waals surface area contributed by atoms with Crippen molar-refractivity contribution in [3.8, 4) is 0 Å². The van der Waals surface area contributed by atoms with Gasteiger partial charge < -0.3 is 19.6 Å². The van der Waals surface area contributed by atoms with E-state index < -0.39 is 11.9 Å². The summed E-state index contributed by atoms with van der Waals surface area (Å²) < 4.78 is 5.12. The molecule has 7 nitrogen and oxygen atoms in total. The SMILES string of the molecule is Cc1cc(/C=C2/CCN(C)C2)on1.O=C(O)C(=O)O. The van der Waals surface area contributed by atoms with Gasteiger partial charge >= 0.3 is 11.9 Å². The number of hydrogen-bond acceptors (Lipinski definition) is 5. The molecule has 2 rings (SSSR count). The lowest BCUT2D eigenvalue weighted by Crippen LogP contribution is -2.11. The first kappa shape index (κ1) is 14.9. The Balaban J connectivity index is 0.000000258. The van der Waals surface area contributed by atoms with Gasteiger partial charge in [-0.3, -0.25) is 0 Å². The van der Waals surface area contributed by atoms with E-state index in [1.807, 2.05) is 13.0 Å². The van der Waals surface area contributed by atoms with Crippen molar-refractivity contribution >= 4 is 18.0 Å². The molecule has 2 N–H and O–H groups in total. The molecule has 0 aromatic carbocycles. The quantitative estimate of drug-likeness (QED) is 0.728. The highest BCUT2D eigenvalue weighted by Crippen LogP contribution is 2.17. The van der Waals surface area contributed by atoms with E-state index in [4.69, 9.17) is 24.3 Å². The second-order valence-electron chi connectivity index (χ2n) is 4.27. The van der Waals surface area contributed by atoms with Gasteiger partial charge in [-0.1, -0.05) is 10.7 Å². The van der Waals surface area contributed by atoms with Crippen molar-refractivity contribution in [2.75, 3.05) is 20.1 Å². The summed E-state index contributed by atoms with van der Waals surface area (Å²) in [5.41, 5.74) is 2.37. The molecule has 1 saturated heterocycles. The van der Waals surface area contributed by atoms with Gasteiger partial charge in [0.2, 0.25) is 0 Å². The number of carboxylic acid groups (broad SMARTS) is 2. The molecule has 0 spiro atoms. The molecule has 104 valence electrons. The van der Waals surface area contributed by atoms with Crippen LogP contribution in [0.25, 0.3) is 6.08 Å². The lowest BCUT2D eigenvalue weighted by atomic mass is 10.2. The number of rotatable bonds is 1. The molecule has 0 bridgehead atoms. The standard InChI is InChI=1S/C10H14N2O.C2H2O4/c1-8-5-10(13-11-8)6-9-3-4-12(2)7-9;3-1(4)2(5)6/h5-6H,3-4,7H2,1-2H3;(H,3,4)(H,5,6)/b9-6-;. The molecule has 0 aliphatic carbocycles. The van der Waals surface area contributed by atoms with Crippen molar-refractivity contribution < 1.29 is 24.3 Å². The monoisotopic (exact) mass is 268 g/mol. The van der Waals surface area contributed by atoms with Crippen LogP contribution >= 0.6 is 0 Å². The zero-order valence-corrected chi connectivity index (χ0v) is 10.8. The Labute approximate surface area is 110 Å². The van der Waals surface area contributed by atoms with E-state index in [9.17, 15) is 0 Å². The summed E-state index contributed by atoms with van der Waals surface area (Å²) in [5, 5.41) is 18.6. The van der Waals surface area contributed by atoms with Gasteiger partial charge in [-0.25, -0.2) is 9.59 Å². The van der Waals surface area contributed by atoms with E-state index in [2.05, 4.69) is 23.2 Å². The summed E-state index contributed by atoms with van der Waals surface area (Å²) in [5.74, 6) is -2.77. The molecule has 1 aromatic heterocycles. The summed E-state index contributed by atoms with van der Waals surface area (Å²) in [4.78, 5) is 20.5. The topological polar surface area (TPSA) is 104 Å². The minimum absolute atomic E-state index is 0.878. The van der Waals surface area contributed by atoms with Gasteiger partial charge in [0.25, 0.3) is 0 Å². The normalized spacial score (nSPS) is 17.1. The largest absolute Gasteiger partial charge is 0.473 e. The van der Waals surface area contributed by atoms with Crippen LogP contribution in [0.2, 0.25) is 0 Å². The zero-order valence-electron chi connectivity index (χ0n) is 10.8. The Kier molecular flexibility index (Phi) is 5.25. The van der Waals surface area contributed by atoms with Gasteiger partial charge in [0.1, 0.15) is 0 Å². The average Bonchev–Trinajstić information content (AvgIpc) is 2.89. The van der Waals surface area contributed by atoms with Crippen molar-refractivity contribution in [3.05, 3.63) is 23.1 Å². The highest BCUT2D eigenvalue weighted by atomic mass is 16.5. The fourth-order valence-corrected chi connectivity index (χ4v) is 1.61. The predicted octanol–water partition coefficient (Wildman–Crippen LogP) is 0.858. The molecule has 1 aliphatic rings. The number of carboxylic acids is 2. The molecule has 1 aliphatic heterocycles. The van der Waals surface area contributed by atoms with Crippen LogP contribution in [0.3, 0.4) is 0 Å². The molecular formula is C12H16N2O5. The number of hydrogen-bond donors (Lipinski definition) is 2. The maximum absolute atomic E-state index is 9.10. The fraction of sp³-hybridized carbons (Fsp3) is 0.417. The number of aromatic nitrogens is 1. The van der Waals surface area contributed by atoms with Crippen LogP contribution < -0.4 is 0 Å². The van der Waals surface area contributed by atoms with Crippen molar-refractivity contribution in [1.29, 1.82) is 0 Å². The van der Waals surface area contributed by atoms with Crippen LogP contribution in [0.4, 0.5) is 0 Å². The molecule has 0 saturated carbocycles. The maximum Gasteiger partial charge on any atom is 0.414 e. The molecule has 0 atom stereocenters. The molecule has 0 unspecified atom stereocenters. The maximum atomic E-state index is 9.10. The number of aryl methyl sites for hydroxylation is 1. The number of carbonyl (C=O) groups is 2. The molecule has 1 aromatic rings. The number of likely N-dealkylation sites (N-methyl/N-ethyl adjacent to an activating group) is 1. The lowest BCUT2D eigenvalue weighted by Gasteiger charge is -2.01. The highest BCUT2D eigenvalue weighted by molar-refractivity contribution is 6.27. The molecule has 1 fully saturated rings. The van der Waals surface area contributed by atoms with Gasteiger partial charge in [0.15, 0.2) is 5.76 Å². The van der Waals surface area contributed by atoms with Gasteiger partial charge in [-0.15, -0.1) is 0 Å². The number of nitrogens with zero attached hydrogens (tertiary/aromatic N) is 2. The first-order chi connectivity index (χ1) is 8.88. The molecular weight excluding hydrogens is 252 g/mol. The van der Waals surface area contributed by atoms with Crippen LogP contribution in [0.5, 0.6) is 0 Å². The second-order valence-corrected chi connectivity index (χ2v) is 4.27. The minimum atomic E-state index is -1.82. The Bertz CT molecular complexity index is 480. The van der Waals surface area contributed by atoms with Gasteiger partial charge in [-0.2, -0.15) is 0 Å². The predicted molar refractivity (Wildman–Crippen MR) is 66.6 cm³/mol. The Morgan fingerprint density at radius 1 is 1.42 bits per heavy atom. The van der Waals surface area contributed by atoms with E-state index in [1.54, 1.807) is 0 Å². The first-order valence-electron chi connectivity index (χ1n) is 5.66. The lowest BCUT2D eigenvalue weighted by molar-refractivity contribution is -0.159. The fourth-order valence-electron chi connectivity index (χ4n) is 1.61. The number of aliphatic carboxylic acids is 2. The van der Waals surface area contributed by atoms with E-state index in [1.165, 1.54) is 5.57 Å². The van der Waals surface area contributed by atoms with Gasteiger partial charge in [0.05, 0.1) is 5.69 Å². The van der Waals surface area contributed by atoms with E-state index >= 15 is 0 Å². The molecule has 0 radical (unpaired) electrons. The average molecular weight is 268 g/mol. The van der Waals surface area contributed by atoms with Crippen LogP contribution in [-0.2, 0) is 9.59 Å². The molecule has 7 heteroatoms. The first-order valence-corrected chi connectivity index (χ1v) is 5.66. The van der Waals surface area contributed by atoms with Crippen LogP contribution in [-0.4, -0.2) is 52.3 Å². The minimum Gasteiger partial charge on any atom is -0.473 e. The van der Waals surface area contributed by atoms with Gasteiger partial charge in [0, 0.05) is 19.2 Å². The number of likely N-dealkylation sites (tertiary alicyclic amines) is 1. The third-order valence-corrected chi connectivity index (χ3v) is 2.46. The highest BCUT2D eigenvalue weighted by Gasteiger charge is 2.12. The molecule has 19 heavy (non-hydrogen) atoms. The van der Waals surface area contributed by atoms with Crippen molar-refractivity contribution in [2.45, 2.75) is 13.3 Å². The summed E-state index contributed by atoms with van der Waals surface area (Å²) in [6.07, 6.45) is 3.25. The molecule has 0 amide bonds. The van der Waals surface area contributed by atoms with Crippen molar-refractivity contribution in [3.63, 3.8) is 0 Å². The van der Waals surface area contributed by atoms with Crippen molar-refractivity contribution in [2.24, 2.45) is 0 Å². The Hall–Kier alpha value is -2.15. The van der Waals surface area contributed by atoms with Crippen LogP contribution in [0.1, 0.15) is 17.9 Å². The summed E-state index contributed by atoms with van der Waals surface area (Å²) >= 11 is 0. The summed E-state index contributed by atoms with van der Waals surface area (Å²) in [6.45, 7) is 4.14. The van der Waals surface area contributed by atoms with Crippen LogP contribution in [0, 0.1) is 6.92 Å². The van der Waals surface area contributed by atoms with Crippen molar-refractivity contribution in [1.82, 2.24) is 10.1 Å². The van der Waals surface area contributed by atoms with Crippen LogP contribution in [0.15, 0.2) is 16.2 Å². The smallest absolute Gasteiger partial charge is 0.414 e. The van der Waals surface area contributed by atoms with Gasteiger partial charge in [-0.05, 0) is 26.5 Å². The summed E-state index contributed by atoms with van der Waals surface area (Å²) in [6, 6.07) is 1.96. The second kappa shape index (κ2) is 6.69. The summed E-state index contributed by atoms with van der Waals surface area (Å²) in [7, 11) is 2.13.